The lowest BCUT2D eigenvalue weighted by Crippen LogP contribution is -2.31. The van der Waals surface area contributed by atoms with Gasteiger partial charge in [0.2, 0.25) is 5.82 Å². The van der Waals surface area contributed by atoms with Crippen molar-refractivity contribution >= 4 is 35.1 Å². The number of carbonyl (C=O) groups excluding carboxylic acids is 1. The fourth-order valence-corrected chi connectivity index (χ4v) is 3.89. The molecule has 0 radical (unpaired) electrons. The lowest BCUT2D eigenvalue weighted by molar-refractivity contribution is -0.137. The molecule has 4 rings (SSSR count). The van der Waals surface area contributed by atoms with Gasteiger partial charge < -0.3 is 10.4 Å². The van der Waals surface area contributed by atoms with Crippen molar-refractivity contribution in [1.29, 1.82) is 0 Å². The van der Waals surface area contributed by atoms with Crippen molar-refractivity contribution in [2.75, 3.05) is 0 Å². The molecule has 0 aliphatic rings. The third-order valence-electron chi connectivity index (χ3n) is 4.86. The molecule has 0 aliphatic heterocycles. The van der Waals surface area contributed by atoms with E-state index in [0.29, 0.717) is 16.4 Å². The van der Waals surface area contributed by atoms with Crippen LogP contribution in [0.4, 0.5) is 0 Å². The Balaban J connectivity index is 1.71. The molecule has 0 bridgehead atoms. The van der Waals surface area contributed by atoms with Crippen molar-refractivity contribution in [1.82, 2.24) is 20.1 Å². The van der Waals surface area contributed by atoms with Crippen LogP contribution in [0, 0.1) is 0 Å². The number of para-hydroxylation sites is 1. The van der Waals surface area contributed by atoms with Crippen LogP contribution in [-0.4, -0.2) is 31.7 Å². The number of amides is 1. The first-order valence-corrected chi connectivity index (χ1v) is 10.7. The summed E-state index contributed by atoms with van der Waals surface area (Å²) in [7, 11) is 0. The summed E-state index contributed by atoms with van der Waals surface area (Å²) in [5.41, 5.74) is 1.93. The molecular weight excluding hydrogens is 463 g/mol. The summed E-state index contributed by atoms with van der Waals surface area (Å²) >= 11 is 12.2. The van der Waals surface area contributed by atoms with Crippen molar-refractivity contribution in [3.05, 3.63) is 100 Å². The monoisotopic (exact) mass is 480 g/mol. The van der Waals surface area contributed by atoms with E-state index in [1.807, 2.05) is 60.7 Å². The molecule has 0 unspecified atom stereocenters. The second-order valence-electron chi connectivity index (χ2n) is 7.16. The van der Waals surface area contributed by atoms with Gasteiger partial charge in [-0.1, -0.05) is 77.8 Å². The average molecular weight is 481 g/mol. The molecule has 33 heavy (non-hydrogen) atoms. The van der Waals surface area contributed by atoms with Gasteiger partial charge in [0.15, 0.2) is 5.82 Å². The number of carbonyl (C=O) groups is 2. The van der Waals surface area contributed by atoms with Gasteiger partial charge in [0.25, 0.3) is 5.91 Å². The van der Waals surface area contributed by atoms with Crippen LogP contribution in [0.5, 0.6) is 0 Å². The van der Waals surface area contributed by atoms with E-state index in [1.54, 1.807) is 16.8 Å². The quantitative estimate of drug-likeness (QED) is 0.379. The van der Waals surface area contributed by atoms with Gasteiger partial charge in [-0.25, -0.2) is 9.67 Å². The molecule has 4 aromatic rings. The van der Waals surface area contributed by atoms with E-state index < -0.39 is 17.9 Å². The highest BCUT2D eigenvalue weighted by molar-refractivity contribution is 6.35. The number of rotatable bonds is 7. The molecule has 1 heterocycles. The Bertz CT molecular complexity index is 1240. The van der Waals surface area contributed by atoms with E-state index in [4.69, 9.17) is 23.2 Å². The summed E-state index contributed by atoms with van der Waals surface area (Å²) in [5.74, 6) is -1.34. The Morgan fingerprint density at radius 3 is 2.27 bits per heavy atom. The van der Waals surface area contributed by atoms with Crippen molar-refractivity contribution in [2.45, 2.75) is 12.5 Å². The van der Waals surface area contributed by atoms with Crippen LogP contribution < -0.4 is 5.32 Å². The zero-order chi connectivity index (χ0) is 23.4. The number of hydrogen-bond donors (Lipinski definition) is 2. The fourth-order valence-electron chi connectivity index (χ4n) is 3.35. The van der Waals surface area contributed by atoms with Gasteiger partial charge in [-0.2, -0.15) is 0 Å². The van der Waals surface area contributed by atoms with Crippen molar-refractivity contribution < 1.29 is 14.7 Å². The van der Waals surface area contributed by atoms with Crippen LogP contribution in [0.3, 0.4) is 0 Å². The molecule has 9 heteroatoms. The third kappa shape index (κ3) is 5.22. The highest BCUT2D eigenvalue weighted by Gasteiger charge is 2.25. The Kier molecular flexibility index (Phi) is 6.72. The highest BCUT2D eigenvalue weighted by atomic mass is 35.5. The minimum atomic E-state index is -1.10. The molecule has 7 nitrogen and oxygen atoms in total. The minimum Gasteiger partial charge on any atom is -0.481 e. The average Bonchev–Trinajstić information content (AvgIpc) is 3.25. The molecule has 0 saturated carbocycles. The number of hydrogen-bond acceptors (Lipinski definition) is 4. The molecule has 0 spiro atoms. The maximum absolute atomic E-state index is 13.1. The van der Waals surface area contributed by atoms with Gasteiger partial charge in [0.05, 0.1) is 18.2 Å². The maximum atomic E-state index is 13.1. The first kappa shape index (κ1) is 22.5. The number of carboxylic acids is 1. The second-order valence-corrected chi connectivity index (χ2v) is 8.01. The fraction of sp³-hybridized carbons (Fsp3) is 0.0833. The standard InChI is InChI=1S/C24H18Cl2N4O3/c25-16-11-12-18(19(26)13-16)20(14-21(31)32)27-24(33)22-28-23(15-7-3-1-4-8-15)30(29-22)17-9-5-2-6-10-17/h1-13,20H,14H2,(H,27,33)(H,31,32)/t20-/m0/s1. The molecule has 0 saturated heterocycles. The maximum Gasteiger partial charge on any atom is 0.305 e. The predicted molar refractivity (Wildman–Crippen MR) is 126 cm³/mol. The smallest absolute Gasteiger partial charge is 0.305 e. The van der Waals surface area contributed by atoms with Crippen LogP contribution in [0.1, 0.15) is 28.6 Å². The summed E-state index contributed by atoms with van der Waals surface area (Å²) in [6.45, 7) is 0. The van der Waals surface area contributed by atoms with E-state index in [1.165, 1.54) is 6.07 Å². The SMILES string of the molecule is O=C(O)C[C@H](NC(=O)c1nc(-c2ccccc2)n(-c2ccccc2)n1)c1ccc(Cl)cc1Cl. The molecule has 1 amide bonds. The predicted octanol–water partition coefficient (Wildman–Crippen LogP) is 5.19. The van der Waals surface area contributed by atoms with E-state index >= 15 is 0 Å². The van der Waals surface area contributed by atoms with Crippen molar-refractivity contribution in [3.63, 3.8) is 0 Å². The zero-order valence-electron chi connectivity index (χ0n) is 17.2. The largest absolute Gasteiger partial charge is 0.481 e. The summed E-state index contributed by atoms with van der Waals surface area (Å²) < 4.78 is 1.58. The van der Waals surface area contributed by atoms with Crippen LogP contribution >= 0.6 is 23.2 Å². The Labute approximate surface area is 199 Å². The van der Waals surface area contributed by atoms with Crippen LogP contribution in [0.2, 0.25) is 10.0 Å². The molecule has 0 fully saturated rings. The van der Waals surface area contributed by atoms with E-state index in [2.05, 4.69) is 15.4 Å². The minimum absolute atomic E-state index is 0.0989. The Hall–Kier alpha value is -3.68. The van der Waals surface area contributed by atoms with Gasteiger partial charge in [-0.3, -0.25) is 9.59 Å². The number of carboxylic acid groups (broad SMARTS) is 1. The van der Waals surface area contributed by atoms with E-state index in [-0.39, 0.29) is 17.3 Å². The third-order valence-corrected chi connectivity index (χ3v) is 5.43. The van der Waals surface area contributed by atoms with E-state index in [9.17, 15) is 14.7 Å². The molecule has 166 valence electrons. The summed E-state index contributed by atoms with van der Waals surface area (Å²) in [6.07, 6.45) is -0.377. The molecule has 1 aromatic heterocycles. The highest BCUT2D eigenvalue weighted by Crippen LogP contribution is 2.29. The number of aromatic nitrogens is 3. The molecule has 0 aliphatic carbocycles. The first-order valence-electron chi connectivity index (χ1n) is 9.98. The lowest BCUT2D eigenvalue weighted by atomic mass is 10.0. The first-order chi connectivity index (χ1) is 15.9. The normalized spacial score (nSPS) is 11.7. The summed E-state index contributed by atoms with van der Waals surface area (Å²) in [4.78, 5) is 29.0. The van der Waals surface area contributed by atoms with Crippen LogP contribution in [-0.2, 0) is 4.79 Å². The van der Waals surface area contributed by atoms with Gasteiger partial charge in [0, 0.05) is 15.6 Å². The molecule has 1 atom stereocenters. The molecule has 3 aromatic carbocycles. The summed E-state index contributed by atoms with van der Waals surface area (Å²) in [5, 5.41) is 17.1. The Morgan fingerprint density at radius 1 is 0.970 bits per heavy atom. The van der Waals surface area contributed by atoms with Gasteiger partial charge in [0.1, 0.15) is 0 Å². The zero-order valence-corrected chi connectivity index (χ0v) is 18.7. The topological polar surface area (TPSA) is 97.1 Å². The van der Waals surface area contributed by atoms with Crippen LogP contribution in [0.25, 0.3) is 17.1 Å². The van der Waals surface area contributed by atoms with Gasteiger partial charge in [-0.15, -0.1) is 5.10 Å². The number of nitrogens with one attached hydrogen (secondary N) is 1. The van der Waals surface area contributed by atoms with Crippen LogP contribution in [0.15, 0.2) is 78.9 Å². The molecular formula is C24H18Cl2N4O3. The Morgan fingerprint density at radius 2 is 1.64 bits per heavy atom. The number of nitrogens with zero attached hydrogens (tertiary/aromatic N) is 3. The lowest BCUT2D eigenvalue weighted by Gasteiger charge is -2.18. The van der Waals surface area contributed by atoms with Crippen molar-refractivity contribution in [3.8, 4) is 17.1 Å². The number of aliphatic carboxylic acids is 1. The number of benzene rings is 3. The van der Waals surface area contributed by atoms with Gasteiger partial charge in [-0.05, 0) is 29.8 Å². The number of halogens is 2. The van der Waals surface area contributed by atoms with E-state index in [0.717, 1.165) is 11.3 Å². The molecule has 2 N–H and O–H groups in total. The van der Waals surface area contributed by atoms with Gasteiger partial charge >= 0.3 is 5.97 Å². The summed E-state index contributed by atoms with van der Waals surface area (Å²) in [6, 6.07) is 22.4. The second kappa shape index (κ2) is 9.85. The van der Waals surface area contributed by atoms with Crippen molar-refractivity contribution in [2.24, 2.45) is 0 Å².